The molecule has 6 heteroatoms. The summed E-state index contributed by atoms with van der Waals surface area (Å²) in [7, 11) is 0. The van der Waals surface area contributed by atoms with Crippen molar-refractivity contribution in [3.63, 3.8) is 0 Å². The van der Waals surface area contributed by atoms with Crippen LogP contribution in [0.2, 0.25) is 0 Å². The van der Waals surface area contributed by atoms with Gasteiger partial charge in [0.2, 0.25) is 5.91 Å². The minimum atomic E-state index is -1.48. The van der Waals surface area contributed by atoms with Gasteiger partial charge in [-0.05, 0) is 43.0 Å². The number of hydrogen-bond acceptors (Lipinski definition) is 3. The fraction of sp³-hybridized carbons (Fsp3) is 0.267. The van der Waals surface area contributed by atoms with Gasteiger partial charge in [-0.25, -0.2) is 8.78 Å². The van der Waals surface area contributed by atoms with Crippen molar-refractivity contribution < 1.29 is 13.6 Å². The van der Waals surface area contributed by atoms with Crippen LogP contribution in [0, 0.1) is 18.6 Å². The monoisotopic (exact) mass is 310 g/mol. The average Bonchev–Trinajstić information content (AvgIpc) is 2.93. The van der Waals surface area contributed by atoms with Gasteiger partial charge in [0, 0.05) is 17.0 Å². The minimum absolute atomic E-state index is 0.0883. The smallest absolute Gasteiger partial charge is 0.242 e. The van der Waals surface area contributed by atoms with Gasteiger partial charge in [-0.3, -0.25) is 10.1 Å². The summed E-state index contributed by atoms with van der Waals surface area (Å²) in [6.07, 6.45) is 0. The lowest BCUT2D eigenvalue weighted by molar-refractivity contribution is -0.124. The molecular formula is C15H16F2N2OS. The number of carbonyl (C=O) groups excluding carboxylic acids is 1. The second-order valence-electron chi connectivity index (χ2n) is 5.00. The van der Waals surface area contributed by atoms with Crippen molar-refractivity contribution in [2.75, 3.05) is 0 Å². The van der Waals surface area contributed by atoms with Crippen LogP contribution >= 0.6 is 11.3 Å². The molecule has 1 unspecified atom stereocenters. The maximum Gasteiger partial charge on any atom is 0.242 e. The summed E-state index contributed by atoms with van der Waals surface area (Å²) >= 11 is 1.50. The Morgan fingerprint density at radius 2 is 2.10 bits per heavy atom. The molecule has 0 radical (unpaired) electrons. The Bertz CT molecular complexity index is 658. The Morgan fingerprint density at radius 3 is 2.67 bits per heavy atom. The lowest BCUT2D eigenvalue weighted by atomic mass is 9.89. The number of primary amides is 1. The number of halogens is 2. The van der Waals surface area contributed by atoms with Crippen LogP contribution in [-0.2, 0) is 16.9 Å². The van der Waals surface area contributed by atoms with Gasteiger partial charge in [-0.15, -0.1) is 11.3 Å². The van der Waals surface area contributed by atoms with Crippen LogP contribution in [0.1, 0.15) is 22.9 Å². The Morgan fingerprint density at radius 1 is 1.38 bits per heavy atom. The van der Waals surface area contributed by atoms with Crippen molar-refractivity contribution in [3.8, 4) is 0 Å². The molecule has 0 saturated heterocycles. The Balaban J connectivity index is 2.37. The molecule has 1 amide bonds. The van der Waals surface area contributed by atoms with E-state index in [1.165, 1.54) is 25.2 Å². The van der Waals surface area contributed by atoms with E-state index in [1.807, 2.05) is 17.5 Å². The van der Waals surface area contributed by atoms with Gasteiger partial charge < -0.3 is 5.73 Å². The SMILES string of the molecule is Cc1cc(F)c(C(C)(NCc2cccs2)C(N)=O)cc1F. The van der Waals surface area contributed by atoms with E-state index in [-0.39, 0.29) is 11.1 Å². The number of rotatable bonds is 5. The third-order valence-electron chi connectivity index (χ3n) is 3.48. The van der Waals surface area contributed by atoms with E-state index >= 15 is 0 Å². The molecular weight excluding hydrogens is 294 g/mol. The first-order valence-electron chi connectivity index (χ1n) is 6.38. The van der Waals surface area contributed by atoms with E-state index in [1.54, 1.807) is 0 Å². The molecule has 21 heavy (non-hydrogen) atoms. The van der Waals surface area contributed by atoms with Gasteiger partial charge in [0.1, 0.15) is 17.2 Å². The fourth-order valence-corrected chi connectivity index (χ4v) is 2.67. The minimum Gasteiger partial charge on any atom is -0.368 e. The zero-order chi connectivity index (χ0) is 15.6. The zero-order valence-electron chi connectivity index (χ0n) is 11.7. The van der Waals surface area contributed by atoms with Crippen LogP contribution in [0.5, 0.6) is 0 Å². The highest BCUT2D eigenvalue weighted by molar-refractivity contribution is 7.09. The van der Waals surface area contributed by atoms with Crippen molar-refractivity contribution in [2.24, 2.45) is 5.73 Å². The average molecular weight is 310 g/mol. The van der Waals surface area contributed by atoms with Gasteiger partial charge in [0.25, 0.3) is 0 Å². The van der Waals surface area contributed by atoms with E-state index in [9.17, 15) is 13.6 Å². The number of nitrogens with one attached hydrogen (secondary N) is 1. The van der Waals surface area contributed by atoms with Crippen molar-refractivity contribution >= 4 is 17.2 Å². The second-order valence-corrected chi connectivity index (χ2v) is 6.04. The maximum atomic E-state index is 14.1. The first-order valence-corrected chi connectivity index (χ1v) is 7.26. The van der Waals surface area contributed by atoms with Crippen LogP contribution in [0.15, 0.2) is 29.6 Å². The zero-order valence-corrected chi connectivity index (χ0v) is 12.6. The van der Waals surface area contributed by atoms with Crippen molar-refractivity contribution in [1.82, 2.24) is 5.32 Å². The third kappa shape index (κ3) is 3.11. The van der Waals surface area contributed by atoms with Gasteiger partial charge in [0.15, 0.2) is 0 Å². The molecule has 1 aromatic carbocycles. The predicted molar refractivity (Wildman–Crippen MR) is 78.8 cm³/mol. The first-order chi connectivity index (χ1) is 9.84. The molecule has 2 aromatic rings. The summed E-state index contributed by atoms with van der Waals surface area (Å²) in [4.78, 5) is 12.8. The number of amides is 1. The summed E-state index contributed by atoms with van der Waals surface area (Å²) in [5, 5.41) is 4.82. The number of thiophene rings is 1. The fourth-order valence-electron chi connectivity index (χ4n) is 2.02. The van der Waals surface area contributed by atoms with Crippen molar-refractivity contribution in [2.45, 2.75) is 25.9 Å². The second kappa shape index (κ2) is 5.91. The van der Waals surface area contributed by atoms with Crippen LogP contribution in [-0.4, -0.2) is 5.91 Å². The van der Waals surface area contributed by atoms with E-state index in [4.69, 9.17) is 5.73 Å². The molecule has 0 spiro atoms. The predicted octanol–water partition coefficient (Wildman–Crippen LogP) is 2.83. The van der Waals surface area contributed by atoms with Crippen molar-refractivity contribution in [3.05, 3.63) is 57.3 Å². The normalized spacial score (nSPS) is 13.9. The van der Waals surface area contributed by atoms with Crippen LogP contribution < -0.4 is 11.1 Å². The molecule has 2 rings (SSSR count). The quantitative estimate of drug-likeness (QED) is 0.892. The molecule has 0 saturated carbocycles. The van der Waals surface area contributed by atoms with Gasteiger partial charge in [-0.2, -0.15) is 0 Å². The number of aryl methyl sites for hydroxylation is 1. The van der Waals surface area contributed by atoms with E-state index in [0.29, 0.717) is 6.54 Å². The Kier molecular flexibility index (Phi) is 4.39. The van der Waals surface area contributed by atoms with Crippen molar-refractivity contribution in [1.29, 1.82) is 0 Å². The molecule has 112 valence electrons. The van der Waals surface area contributed by atoms with E-state index < -0.39 is 23.1 Å². The molecule has 1 atom stereocenters. The molecule has 1 aromatic heterocycles. The van der Waals surface area contributed by atoms with E-state index in [0.717, 1.165) is 17.0 Å². The highest BCUT2D eigenvalue weighted by atomic mass is 32.1. The number of carbonyl (C=O) groups is 1. The topological polar surface area (TPSA) is 55.1 Å². The van der Waals surface area contributed by atoms with Gasteiger partial charge >= 0.3 is 0 Å². The standard InChI is InChI=1S/C15H16F2N2OS/c1-9-6-13(17)11(7-12(9)16)15(2,14(18)20)19-8-10-4-3-5-21-10/h3-7,19H,8H2,1-2H3,(H2,18,20). The van der Waals surface area contributed by atoms with Crippen LogP contribution in [0.4, 0.5) is 8.78 Å². The van der Waals surface area contributed by atoms with Gasteiger partial charge in [-0.1, -0.05) is 6.07 Å². The van der Waals surface area contributed by atoms with Gasteiger partial charge in [0.05, 0.1) is 0 Å². The molecule has 0 aliphatic rings. The Labute approximate surface area is 125 Å². The molecule has 1 heterocycles. The largest absolute Gasteiger partial charge is 0.368 e. The summed E-state index contributed by atoms with van der Waals surface area (Å²) < 4.78 is 27.9. The number of hydrogen-bond donors (Lipinski definition) is 2. The summed E-state index contributed by atoms with van der Waals surface area (Å²) in [6, 6.07) is 5.84. The lowest BCUT2D eigenvalue weighted by Crippen LogP contribution is -2.50. The number of nitrogens with two attached hydrogens (primary N) is 1. The number of benzene rings is 1. The summed E-state index contributed by atoms with van der Waals surface area (Å²) in [5.41, 5.74) is 4.02. The van der Waals surface area contributed by atoms with Crippen LogP contribution in [0.3, 0.4) is 0 Å². The molecule has 3 nitrogen and oxygen atoms in total. The Hall–Kier alpha value is -1.79. The van der Waals surface area contributed by atoms with E-state index in [2.05, 4.69) is 5.32 Å². The highest BCUT2D eigenvalue weighted by Crippen LogP contribution is 2.27. The summed E-state index contributed by atoms with van der Waals surface area (Å²) in [5.74, 6) is -1.99. The van der Waals surface area contributed by atoms with Crippen LogP contribution in [0.25, 0.3) is 0 Å². The molecule has 0 aliphatic carbocycles. The molecule has 3 N–H and O–H groups in total. The molecule has 0 aliphatic heterocycles. The highest BCUT2D eigenvalue weighted by Gasteiger charge is 2.36. The first kappa shape index (κ1) is 15.6. The molecule has 0 fully saturated rings. The molecule has 0 bridgehead atoms. The third-order valence-corrected chi connectivity index (χ3v) is 4.35. The maximum absolute atomic E-state index is 14.1. The lowest BCUT2D eigenvalue weighted by Gasteiger charge is -2.28. The summed E-state index contributed by atoms with van der Waals surface area (Å²) in [6.45, 7) is 3.26.